The van der Waals surface area contributed by atoms with Gasteiger partial charge >= 0.3 is 6.03 Å². The van der Waals surface area contributed by atoms with E-state index in [0.717, 1.165) is 38.8 Å². The minimum absolute atomic E-state index is 0.0882. The van der Waals surface area contributed by atoms with E-state index in [1.54, 1.807) is 0 Å². The lowest BCUT2D eigenvalue weighted by molar-refractivity contribution is 0.170. The van der Waals surface area contributed by atoms with E-state index in [1.165, 1.54) is 16.7 Å². The van der Waals surface area contributed by atoms with E-state index in [-0.39, 0.29) is 6.03 Å². The maximum atomic E-state index is 12.3. The highest BCUT2D eigenvalue weighted by atomic mass is 16.2. The quantitative estimate of drug-likeness (QED) is 0.872. The van der Waals surface area contributed by atoms with Crippen LogP contribution in [0.5, 0.6) is 0 Å². The molecule has 1 fully saturated rings. The van der Waals surface area contributed by atoms with Crippen LogP contribution >= 0.6 is 0 Å². The minimum atomic E-state index is 0.0882. The number of urea groups is 1. The lowest BCUT2D eigenvalue weighted by atomic mass is 9.90. The van der Waals surface area contributed by atoms with Crippen LogP contribution in [0.1, 0.15) is 29.5 Å². The third-order valence-corrected chi connectivity index (χ3v) is 5.08. The van der Waals surface area contributed by atoms with E-state index >= 15 is 0 Å². The van der Waals surface area contributed by atoms with E-state index in [4.69, 9.17) is 0 Å². The number of nitrogens with zero attached hydrogens (tertiary/aromatic N) is 1. The number of hydrogen-bond acceptors (Lipinski definition) is 1. The van der Waals surface area contributed by atoms with Crippen LogP contribution in [0.2, 0.25) is 0 Å². The standard InChI is InChI=1S/C22H28N2O/c1-18-7-9-19(10-8-18)11-14-23-22(25)24-15-12-21(13-16-24)17-20-5-3-2-4-6-20/h2-10,21H,11-17H2,1H3,(H,23,25). The summed E-state index contributed by atoms with van der Waals surface area (Å²) in [4.78, 5) is 14.3. The van der Waals surface area contributed by atoms with Gasteiger partial charge in [0.2, 0.25) is 0 Å². The second kappa shape index (κ2) is 8.70. The first kappa shape index (κ1) is 17.5. The Morgan fingerprint density at radius 3 is 2.36 bits per heavy atom. The highest BCUT2D eigenvalue weighted by Crippen LogP contribution is 2.21. The highest BCUT2D eigenvalue weighted by molar-refractivity contribution is 5.74. The zero-order valence-corrected chi connectivity index (χ0v) is 15.1. The zero-order valence-electron chi connectivity index (χ0n) is 15.1. The van der Waals surface area contributed by atoms with Crippen LogP contribution in [0, 0.1) is 12.8 Å². The van der Waals surface area contributed by atoms with E-state index in [9.17, 15) is 4.79 Å². The lowest BCUT2D eigenvalue weighted by Crippen LogP contribution is -2.45. The van der Waals surface area contributed by atoms with Gasteiger partial charge in [0.15, 0.2) is 0 Å². The molecule has 25 heavy (non-hydrogen) atoms. The number of nitrogens with one attached hydrogen (secondary N) is 1. The predicted molar refractivity (Wildman–Crippen MR) is 103 cm³/mol. The molecule has 3 heteroatoms. The van der Waals surface area contributed by atoms with Crippen molar-refractivity contribution < 1.29 is 4.79 Å². The van der Waals surface area contributed by atoms with Gasteiger partial charge in [-0.25, -0.2) is 4.79 Å². The molecule has 3 rings (SSSR count). The Labute approximate surface area is 151 Å². The predicted octanol–water partition coefficient (Wildman–Crippen LogP) is 4.20. The number of aryl methyl sites for hydroxylation is 1. The Balaban J connectivity index is 1.37. The van der Waals surface area contributed by atoms with Crippen LogP contribution in [0.4, 0.5) is 4.79 Å². The largest absolute Gasteiger partial charge is 0.338 e. The maximum Gasteiger partial charge on any atom is 0.317 e. The van der Waals surface area contributed by atoms with Crippen LogP contribution in [0.25, 0.3) is 0 Å². The molecule has 2 aromatic rings. The average Bonchev–Trinajstić information content (AvgIpc) is 2.65. The van der Waals surface area contributed by atoms with Crippen LogP contribution < -0.4 is 5.32 Å². The molecular formula is C22H28N2O. The molecule has 1 heterocycles. The van der Waals surface area contributed by atoms with E-state index < -0.39 is 0 Å². The fraction of sp³-hybridized carbons (Fsp3) is 0.409. The van der Waals surface area contributed by atoms with E-state index in [0.29, 0.717) is 12.5 Å². The van der Waals surface area contributed by atoms with Crippen molar-refractivity contribution in [1.82, 2.24) is 10.2 Å². The van der Waals surface area contributed by atoms with Gasteiger partial charge in [-0.05, 0) is 49.7 Å². The molecule has 2 aromatic carbocycles. The minimum Gasteiger partial charge on any atom is -0.338 e. The molecule has 0 atom stereocenters. The van der Waals surface area contributed by atoms with Gasteiger partial charge in [0.05, 0.1) is 0 Å². The first-order valence-corrected chi connectivity index (χ1v) is 9.33. The van der Waals surface area contributed by atoms with Gasteiger partial charge in [0, 0.05) is 19.6 Å². The Bertz CT molecular complexity index is 658. The Kier molecular flexibility index (Phi) is 6.10. The van der Waals surface area contributed by atoms with Crippen LogP contribution in [0.15, 0.2) is 54.6 Å². The number of amides is 2. The second-order valence-electron chi connectivity index (χ2n) is 7.09. The molecule has 0 spiro atoms. The highest BCUT2D eigenvalue weighted by Gasteiger charge is 2.22. The average molecular weight is 336 g/mol. The molecule has 1 N–H and O–H groups in total. The molecule has 132 valence electrons. The summed E-state index contributed by atoms with van der Waals surface area (Å²) < 4.78 is 0. The van der Waals surface area contributed by atoms with E-state index in [2.05, 4.69) is 66.8 Å². The van der Waals surface area contributed by atoms with Gasteiger partial charge in [-0.15, -0.1) is 0 Å². The summed E-state index contributed by atoms with van der Waals surface area (Å²) in [5.74, 6) is 0.694. The molecule has 1 aliphatic heterocycles. The Hall–Kier alpha value is -2.29. The summed E-state index contributed by atoms with van der Waals surface area (Å²) in [5.41, 5.74) is 3.95. The topological polar surface area (TPSA) is 32.3 Å². The molecule has 0 saturated carbocycles. The van der Waals surface area contributed by atoms with Crippen molar-refractivity contribution in [3.05, 3.63) is 71.3 Å². The number of carbonyl (C=O) groups is 1. The first-order valence-electron chi connectivity index (χ1n) is 9.33. The SMILES string of the molecule is Cc1ccc(CCNC(=O)N2CCC(Cc3ccccc3)CC2)cc1. The normalized spacial score (nSPS) is 15.2. The smallest absolute Gasteiger partial charge is 0.317 e. The van der Waals surface area contributed by atoms with Crippen LogP contribution in [-0.2, 0) is 12.8 Å². The number of piperidine rings is 1. The zero-order chi connectivity index (χ0) is 17.5. The van der Waals surface area contributed by atoms with Crippen molar-refractivity contribution in [2.75, 3.05) is 19.6 Å². The molecule has 1 saturated heterocycles. The molecule has 2 amide bonds. The van der Waals surface area contributed by atoms with Crippen molar-refractivity contribution in [1.29, 1.82) is 0 Å². The first-order chi connectivity index (χ1) is 12.2. The Morgan fingerprint density at radius 2 is 1.68 bits per heavy atom. The van der Waals surface area contributed by atoms with Crippen molar-refractivity contribution >= 4 is 6.03 Å². The van der Waals surface area contributed by atoms with Gasteiger partial charge in [-0.3, -0.25) is 0 Å². The third kappa shape index (κ3) is 5.35. The van der Waals surface area contributed by atoms with Gasteiger partial charge < -0.3 is 10.2 Å². The van der Waals surface area contributed by atoms with E-state index in [1.807, 2.05) is 4.90 Å². The molecule has 0 radical (unpaired) electrons. The van der Waals surface area contributed by atoms with Crippen molar-refractivity contribution in [2.24, 2.45) is 5.92 Å². The number of rotatable bonds is 5. The fourth-order valence-corrected chi connectivity index (χ4v) is 3.47. The molecule has 0 unspecified atom stereocenters. The monoisotopic (exact) mass is 336 g/mol. The number of benzene rings is 2. The van der Waals surface area contributed by atoms with Crippen LogP contribution in [0.3, 0.4) is 0 Å². The molecule has 1 aliphatic rings. The Morgan fingerprint density at radius 1 is 1.00 bits per heavy atom. The number of carbonyl (C=O) groups excluding carboxylic acids is 1. The third-order valence-electron chi connectivity index (χ3n) is 5.08. The van der Waals surface area contributed by atoms with Gasteiger partial charge in [-0.1, -0.05) is 60.2 Å². The van der Waals surface area contributed by atoms with Gasteiger partial charge in [-0.2, -0.15) is 0 Å². The summed E-state index contributed by atoms with van der Waals surface area (Å²) in [7, 11) is 0. The summed E-state index contributed by atoms with van der Waals surface area (Å²) in [5, 5.41) is 3.07. The van der Waals surface area contributed by atoms with Crippen molar-refractivity contribution in [3.63, 3.8) is 0 Å². The molecule has 3 nitrogen and oxygen atoms in total. The van der Waals surface area contributed by atoms with Crippen molar-refractivity contribution in [2.45, 2.75) is 32.6 Å². The molecule has 0 bridgehead atoms. The summed E-state index contributed by atoms with van der Waals surface area (Å²) in [6.07, 6.45) is 4.21. The summed E-state index contributed by atoms with van der Waals surface area (Å²) >= 11 is 0. The number of hydrogen-bond donors (Lipinski definition) is 1. The molecule has 0 aliphatic carbocycles. The lowest BCUT2D eigenvalue weighted by Gasteiger charge is -2.32. The summed E-state index contributed by atoms with van der Waals surface area (Å²) in [6.45, 7) is 4.53. The number of likely N-dealkylation sites (tertiary alicyclic amines) is 1. The second-order valence-corrected chi connectivity index (χ2v) is 7.09. The summed E-state index contributed by atoms with van der Waals surface area (Å²) in [6, 6.07) is 19.3. The van der Waals surface area contributed by atoms with Crippen LogP contribution in [-0.4, -0.2) is 30.6 Å². The maximum absolute atomic E-state index is 12.3. The molecular weight excluding hydrogens is 308 g/mol. The van der Waals surface area contributed by atoms with Gasteiger partial charge in [0.25, 0.3) is 0 Å². The van der Waals surface area contributed by atoms with Gasteiger partial charge in [0.1, 0.15) is 0 Å². The van der Waals surface area contributed by atoms with Crippen molar-refractivity contribution in [3.8, 4) is 0 Å². The molecule has 0 aromatic heterocycles. The fourth-order valence-electron chi connectivity index (χ4n) is 3.47.